The lowest BCUT2D eigenvalue weighted by Crippen LogP contribution is -2.65. The number of amides is 2. The molecule has 88 valence electrons. The van der Waals surface area contributed by atoms with Gasteiger partial charge in [-0.25, -0.2) is 4.79 Å². The number of unbranched alkanes of at least 4 members (excludes halogenated alkanes) is 1. The maximum Gasteiger partial charge on any atom is 0.317 e. The molecule has 0 saturated carbocycles. The molecule has 1 aliphatic heterocycles. The van der Waals surface area contributed by atoms with E-state index in [1.807, 2.05) is 6.92 Å². The molecule has 1 aliphatic rings. The fourth-order valence-electron chi connectivity index (χ4n) is 1.92. The van der Waals surface area contributed by atoms with Crippen LogP contribution in [0.5, 0.6) is 0 Å². The van der Waals surface area contributed by atoms with E-state index in [1.54, 1.807) is 4.90 Å². The van der Waals surface area contributed by atoms with E-state index in [9.17, 15) is 9.90 Å². The molecule has 0 atom stereocenters. The topological polar surface area (TPSA) is 52.6 Å². The molecule has 2 amide bonds. The average Bonchev–Trinajstić information content (AvgIpc) is 2.14. The van der Waals surface area contributed by atoms with Crippen molar-refractivity contribution in [3.63, 3.8) is 0 Å². The summed E-state index contributed by atoms with van der Waals surface area (Å²) in [5, 5.41) is 12.7. The molecule has 4 nitrogen and oxygen atoms in total. The first-order valence-corrected chi connectivity index (χ1v) is 5.86. The Balaban J connectivity index is 2.17. The Labute approximate surface area is 91.6 Å². The lowest BCUT2D eigenvalue weighted by molar-refractivity contribution is -0.0813. The Morgan fingerprint density at radius 3 is 2.60 bits per heavy atom. The maximum atomic E-state index is 11.5. The molecule has 0 aromatic heterocycles. The second kappa shape index (κ2) is 5.35. The van der Waals surface area contributed by atoms with Crippen LogP contribution < -0.4 is 5.32 Å². The lowest BCUT2D eigenvalue weighted by atomic mass is 9.90. The van der Waals surface area contributed by atoms with E-state index in [-0.39, 0.29) is 6.03 Å². The monoisotopic (exact) mass is 214 g/mol. The van der Waals surface area contributed by atoms with E-state index in [0.29, 0.717) is 13.1 Å². The molecule has 1 rings (SSSR count). The first-order valence-electron chi connectivity index (χ1n) is 5.86. The van der Waals surface area contributed by atoms with Crippen LogP contribution in [0.15, 0.2) is 0 Å². The Bertz CT molecular complexity index is 213. The number of nitrogens with one attached hydrogen (secondary N) is 1. The van der Waals surface area contributed by atoms with Crippen molar-refractivity contribution in [3.05, 3.63) is 0 Å². The van der Waals surface area contributed by atoms with Gasteiger partial charge in [-0.1, -0.05) is 26.7 Å². The van der Waals surface area contributed by atoms with Crippen molar-refractivity contribution >= 4 is 6.03 Å². The van der Waals surface area contributed by atoms with Gasteiger partial charge in [0.25, 0.3) is 0 Å². The number of aliphatic hydroxyl groups is 1. The predicted octanol–water partition coefficient (Wildman–Crippen LogP) is 1.34. The van der Waals surface area contributed by atoms with Gasteiger partial charge >= 0.3 is 6.03 Å². The molecule has 4 heteroatoms. The van der Waals surface area contributed by atoms with Gasteiger partial charge in [0.05, 0.1) is 18.7 Å². The molecule has 0 aliphatic carbocycles. The zero-order valence-electron chi connectivity index (χ0n) is 9.75. The molecular formula is C11H22N2O2. The summed E-state index contributed by atoms with van der Waals surface area (Å²) < 4.78 is 0. The normalized spacial score (nSPS) is 18.5. The van der Waals surface area contributed by atoms with Crippen molar-refractivity contribution in [1.29, 1.82) is 0 Å². The highest BCUT2D eigenvalue weighted by Crippen LogP contribution is 2.25. The smallest absolute Gasteiger partial charge is 0.317 e. The summed E-state index contributed by atoms with van der Waals surface area (Å²) in [5.41, 5.74) is -0.614. The Morgan fingerprint density at radius 2 is 2.07 bits per heavy atom. The highest BCUT2D eigenvalue weighted by atomic mass is 16.3. The maximum absolute atomic E-state index is 11.5. The van der Waals surface area contributed by atoms with E-state index in [0.717, 1.165) is 32.2 Å². The molecule has 2 N–H and O–H groups in total. The van der Waals surface area contributed by atoms with Gasteiger partial charge in [0.2, 0.25) is 0 Å². The zero-order chi connectivity index (χ0) is 11.3. The number of carbonyl (C=O) groups is 1. The molecule has 1 saturated heterocycles. The molecule has 0 unspecified atom stereocenters. The number of β-amino-alcohol motifs (C(OH)–C–C–N with tert-alkyl or cyclic N) is 1. The highest BCUT2D eigenvalue weighted by molar-refractivity contribution is 5.75. The van der Waals surface area contributed by atoms with Crippen molar-refractivity contribution in [1.82, 2.24) is 10.2 Å². The van der Waals surface area contributed by atoms with E-state index in [4.69, 9.17) is 0 Å². The van der Waals surface area contributed by atoms with Gasteiger partial charge in [-0.15, -0.1) is 0 Å². The van der Waals surface area contributed by atoms with E-state index < -0.39 is 5.60 Å². The number of nitrogens with zero attached hydrogens (tertiary/aromatic N) is 1. The van der Waals surface area contributed by atoms with Crippen LogP contribution >= 0.6 is 0 Å². The summed E-state index contributed by atoms with van der Waals surface area (Å²) in [7, 11) is 0. The fourth-order valence-corrected chi connectivity index (χ4v) is 1.92. The van der Waals surface area contributed by atoms with Crippen LogP contribution in [0, 0.1) is 0 Å². The third kappa shape index (κ3) is 3.38. The quantitative estimate of drug-likeness (QED) is 0.679. The van der Waals surface area contributed by atoms with Crippen molar-refractivity contribution in [3.8, 4) is 0 Å². The minimum Gasteiger partial charge on any atom is -0.386 e. The van der Waals surface area contributed by atoms with E-state index in [1.165, 1.54) is 0 Å². The standard InChI is InChI=1S/C11H22N2O2/c1-3-5-7-12-10(14)13-8-11(15,9-13)6-4-2/h15H,3-9H2,1-2H3,(H,12,14). The summed E-state index contributed by atoms with van der Waals surface area (Å²) >= 11 is 0. The Kier molecular flexibility index (Phi) is 4.39. The average molecular weight is 214 g/mol. The van der Waals surface area contributed by atoms with Crippen molar-refractivity contribution < 1.29 is 9.90 Å². The van der Waals surface area contributed by atoms with Crippen molar-refractivity contribution in [2.45, 2.75) is 45.1 Å². The van der Waals surface area contributed by atoms with E-state index in [2.05, 4.69) is 12.2 Å². The molecule has 1 heterocycles. The number of likely N-dealkylation sites (tertiary alicyclic amines) is 1. The minimum absolute atomic E-state index is 0.0378. The molecular weight excluding hydrogens is 192 g/mol. The molecule has 0 bridgehead atoms. The fraction of sp³-hybridized carbons (Fsp3) is 0.909. The first kappa shape index (κ1) is 12.3. The zero-order valence-corrected chi connectivity index (χ0v) is 9.75. The van der Waals surface area contributed by atoms with Crippen LogP contribution in [0.2, 0.25) is 0 Å². The summed E-state index contributed by atoms with van der Waals surface area (Å²) in [6.07, 6.45) is 3.84. The van der Waals surface area contributed by atoms with Crippen LogP contribution in [0.25, 0.3) is 0 Å². The van der Waals surface area contributed by atoms with Crippen molar-refractivity contribution in [2.24, 2.45) is 0 Å². The number of rotatable bonds is 5. The van der Waals surface area contributed by atoms with Crippen molar-refractivity contribution in [2.75, 3.05) is 19.6 Å². The number of hydrogen-bond acceptors (Lipinski definition) is 2. The van der Waals surface area contributed by atoms with Crippen LogP contribution in [-0.2, 0) is 0 Å². The molecule has 0 spiro atoms. The van der Waals surface area contributed by atoms with Crippen LogP contribution in [0.1, 0.15) is 39.5 Å². The highest BCUT2D eigenvalue weighted by Gasteiger charge is 2.42. The second-order valence-electron chi connectivity index (χ2n) is 4.42. The molecule has 0 radical (unpaired) electrons. The van der Waals surface area contributed by atoms with Gasteiger partial charge < -0.3 is 15.3 Å². The van der Waals surface area contributed by atoms with Crippen LogP contribution in [0.4, 0.5) is 4.79 Å². The SMILES string of the molecule is CCCCNC(=O)N1CC(O)(CCC)C1. The van der Waals surface area contributed by atoms with Crippen LogP contribution in [-0.4, -0.2) is 41.3 Å². The van der Waals surface area contributed by atoms with Gasteiger partial charge in [-0.2, -0.15) is 0 Å². The minimum atomic E-state index is -0.614. The largest absolute Gasteiger partial charge is 0.386 e. The molecule has 0 aromatic rings. The number of hydrogen-bond donors (Lipinski definition) is 2. The molecule has 0 aromatic carbocycles. The van der Waals surface area contributed by atoms with Gasteiger partial charge in [-0.3, -0.25) is 0 Å². The number of urea groups is 1. The summed E-state index contributed by atoms with van der Waals surface area (Å²) in [5.74, 6) is 0. The Morgan fingerprint density at radius 1 is 1.40 bits per heavy atom. The first-order chi connectivity index (χ1) is 7.11. The summed E-state index contributed by atoms with van der Waals surface area (Å²) in [6, 6.07) is -0.0378. The van der Waals surface area contributed by atoms with Crippen LogP contribution in [0.3, 0.4) is 0 Å². The third-order valence-electron chi connectivity index (χ3n) is 2.78. The van der Waals surface area contributed by atoms with E-state index >= 15 is 0 Å². The van der Waals surface area contributed by atoms with Gasteiger partial charge in [-0.05, 0) is 12.8 Å². The van der Waals surface area contributed by atoms with Gasteiger partial charge in [0.15, 0.2) is 0 Å². The number of carbonyl (C=O) groups excluding carboxylic acids is 1. The Hall–Kier alpha value is -0.770. The molecule has 15 heavy (non-hydrogen) atoms. The predicted molar refractivity (Wildman–Crippen MR) is 59.7 cm³/mol. The summed E-state index contributed by atoms with van der Waals surface area (Å²) in [6.45, 7) is 5.84. The summed E-state index contributed by atoms with van der Waals surface area (Å²) in [4.78, 5) is 13.2. The van der Waals surface area contributed by atoms with Gasteiger partial charge in [0, 0.05) is 6.54 Å². The second-order valence-corrected chi connectivity index (χ2v) is 4.42. The van der Waals surface area contributed by atoms with Gasteiger partial charge in [0.1, 0.15) is 0 Å². The molecule has 1 fully saturated rings. The lowest BCUT2D eigenvalue weighted by Gasteiger charge is -2.46. The third-order valence-corrected chi connectivity index (χ3v) is 2.78.